The van der Waals surface area contributed by atoms with Gasteiger partial charge in [0.25, 0.3) is 0 Å². The molecule has 5 aromatic rings. The molecule has 1 fully saturated rings. The Hall–Kier alpha value is -4.57. The van der Waals surface area contributed by atoms with E-state index >= 15 is 0 Å². The Balaban J connectivity index is 1.28. The van der Waals surface area contributed by atoms with Crippen molar-refractivity contribution in [2.24, 2.45) is 5.92 Å². The molecule has 0 bridgehead atoms. The molecule has 0 saturated carbocycles. The average Bonchev–Trinajstić information content (AvgIpc) is 3.62. The van der Waals surface area contributed by atoms with Crippen LogP contribution in [0.15, 0.2) is 61.1 Å². The lowest BCUT2D eigenvalue weighted by Gasteiger charge is -2.18. The molecule has 1 aliphatic heterocycles. The monoisotopic (exact) mass is 540 g/mol. The van der Waals surface area contributed by atoms with Gasteiger partial charge in [-0.1, -0.05) is 23.7 Å². The lowest BCUT2D eigenvalue weighted by molar-refractivity contribution is -0.122. The van der Waals surface area contributed by atoms with Gasteiger partial charge in [0.15, 0.2) is 11.5 Å². The number of fused-ring (bicyclic) bond motifs is 1. The van der Waals surface area contributed by atoms with E-state index in [0.717, 1.165) is 22.5 Å². The van der Waals surface area contributed by atoms with Gasteiger partial charge in [-0.25, -0.2) is 14.6 Å². The summed E-state index contributed by atoms with van der Waals surface area (Å²) in [5.41, 5.74) is 5.07. The molecule has 1 unspecified atom stereocenters. The summed E-state index contributed by atoms with van der Waals surface area (Å²) in [4.78, 5) is 36.7. The van der Waals surface area contributed by atoms with Gasteiger partial charge in [-0.2, -0.15) is 14.9 Å². The number of anilines is 2. The van der Waals surface area contributed by atoms with Crippen LogP contribution in [0.4, 0.5) is 11.5 Å². The van der Waals surface area contributed by atoms with Crippen molar-refractivity contribution in [1.29, 1.82) is 0 Å². The van der Waals surface area contributed by atoms with Gasteiger partial charge in [0, 0.05) is 29.7 Å². The summed E-state index contributed by atoms with van der Waals surface area (Å²) < 4.78 is 3.24. The Morgan fingerprint density at radius 2 is 1.85 bits per heavy atom. The maximum atomic E-state index is 13.3. The van der Waals surface area contributed by atoms with Gasteiger partial charge in [-0.15, -0.1) is 0 Å². The smallest absolute Gasteiger partial charge is 0.230 e. The van der Waals surface area contributed by atoms with Crippen LogP contribution in [0, 0.1) is 26.7 Å². The molecule has 2 amide bonds. The highest BCUT2D eigenvalue weighted by atomic mass is 35.5. The first-order chi connectivity index (χ1) is 18.8. The van der Waals surface area contributed by atoms with Gasteiger partial charge in [0.05, 0.1) is 28.9 Å². The standard InChI is InChI=1S/C28H25ClN8O2/c1-16-7-8-21(9-17(16)2)35-14-19(11-25(35)38)28(39)33-24-10-18(3)34-37(24)27-23-13-32-36(26(23)30-15-31-27)22-6-4-5-20(29)12-22/h4-10,12-13,15,19H,11,14H2,1-3H3,(H,33,39). The lowest BCUT2D eigenvalue weighted by Crippen LogP contribution is -2.28. The number of aryl methyl sites for hydroxylation is 3. The number of hydrogen-bond donors (Lipinski definition) is 1. The van der Waals surface area contributed by atoms with Crippen molar-refractivity contribution in [3.05, 3.63) is 82.9 Å². The molecule has 0 spiro atoms. The Morgan fingerprint density at radius 1 is 1.00 bits per heavy atom. The van der Waals surface area contributed by atoms with Gasteiger partial charge >= 0.3 is 0 Å². The Labute approximate surface area is 229 Å². The normalized spacial score (nSPS) is 15.3. The molecule has 1 saturated heterocycles. The third-order valence-corrected chi connectivity index (χ3v) is 7.21. The van der Waals surface area contributed by atoms with Crippen LogP contribution >= 0.6 is 11.6 Å². The Bertz CT molecular complexity index is 1760. The molecule has 0 aliphatic carbocycles. The summed E-state index contributed by atoms with van der Waals surface area (Å²) in [6.07, 6.45) is 3.22. The molecular weight excluding hydrogens is 516 g/mol. The maximum Gasteiger partial charge on any atom is 0.230 e. The van der Waals surface area contributed by atoms with Crippen LogP contribution in [0.3, 0.4) is 0 Å². The third kappa shape index (κ3) is 4.52. The molecule has 39 heavy (non-hydrogen) atoms. The molecule has 4 heterocycles. The third-order valence-electron chi connectivity index (χ3n) is 6.98. The van der Waals surface area contributed by atoms with E-state index in [-0.39, 0.29) is 18.2 Å². The quantitative estimate of drug-likeness (QED) is 0.349. The first-order valence-electron chi connectivity index (χ1n) is 12.5. The topological polar surface area (TPSA) is 111 Å². The minimum atomic E-state index is -0.501. The second-order valence-electron chi connectivity index (χ2n) is 9.72. The first-order valence-corrected chi connectivity index (χ1v) is 12.9. The number of carbonyl (C=O) groups excluding carboxylic acids is 2. The van der Waals surface area contributed by atoms with E-state index in [0.29, 0.717) is 39.9 Å². The molecule has 2 aromatic carbocycles. The number of hydrogen-bond acceptors (Lipinski definition) is 6. The zero-order valence-electron chi connectivity index (χ0n) is 21.6. The second kappa shape index (κ2) is 9.63. The van der Waals surface area contributed by atoms with Crippen molar-refractivity contribution in [2.45, 2.75) is 27.2 Å². The summed E-state index contributed by atoms with van der Waals surface area (Å²) >= 11 is 6.18. The number of amides is 2. The number of nitrogens with zero attached hydrogens (tertiary/aromatic N) is 7. The minimum Gasteiger partial charge on any atom is -0.312 e. The molecule has 1 aliphatic rings. The van der Waals surface area contributed by atoms with Crippen LogP contribution in [0.1, 0.15) is 23.2 Å². The highest BCUT2D eigenvalue weighted by molar-refractivity contribution is 6.30. The van der Waals surface area contributed by atoms with Gasteiger partial charge in [0.2, 0.25) is 11.8 Å². The van der Waals surface area contributed by atoms with Crippen molar-refractivity contribution in [1.82, 2.24) is 29.5 Å². The van der Waals surface area contributed by atoms with Crippen LogP contribution in [0.5, 0.6) is 0 Å². The largest absolute Gasteiger partial charge is 0.312 e. The van der Waals surface area contributed by atoms with E-state index in [1.165, 1.54) is 6.33 Å². The second-order valence-corrected chi connectivity index (χ2v) is 10.2. The van der Waals surface area contributed by atoms with Gasteiger partial charge in [-0.05, 0) is 62.2 Å². The molecular formula is C28H25ClN8O2. The molecule has 6 rings (SSSR count). The van der Waals surface area contributed by atoms with E-state index < -0.39 is 5.92 Å². The van der Waals surface area contributed by atoms with E-state index in [9.17, 15) is 9.59 Å². The van der Waals surface area contributed by atoms with Crippen molar-refractivity contribution in [2.75, 3.05) is 16.8 Å². The summed E-state index contributed by atoms with van der Waals surface area (Å²) in [6, 6.07) is 15.0. The van der Waals surface area contributed by atoms with Crippen molar-refractivity contribution in [3.63, 3.8) is 0 Å². The fourth-order valence-electron chi connectivity index (χ4n) is 4.80. The first kappa shape index (κ1) is 24.7. The highest BCUT2D eigenvalue weighted by Crippen LogP contribution is 2.29. The summed E-state index contributed by atoms with van der Waals surface area (Å²) in [6.45, 7) is 6.18. The number of aromatic nitrogens is 6. The predicted octanol–water partition coefficient (Wildman–Crippen LogP) is 4.57. The number of benzene rings is 2. The number of nitrogens with one attached hydrogen (secondary N) is 1. The summed E-state index contributed by atoms with van der Waals surface area (Å²) in [7, 11) is 0. The van der Waals surface area contributed by atoms with E-state index in [4.69, 9.17) is 11.6 Å². The summed E-state index contributed by atoms with van der Waals surface area (Å²) in [5, 5.41) is 13.3. The Morgan fingerprint density at radius 3 is 2.64 bits per heavy atom. The van der Waals surface area contributed by atoms with E-state index in [1.54, 1.807) is 38.7 Å². The fraction of sp³-hybridized carbons (Fsp3) is 0.214. The maximum absolute atomic E-state index is 13.3. The lowest BCUT2D eigenvalue weighted by atomic mass is 10.1. The SMILES string of the molecule is Cc1cc(NC(=O)C2CC(=O)N(c3ccc(C)c(C)c3)C2)n(-c2ncnc3c2cnn3-c2cccc(Cl)c2)n1. The molecule has 1 N–H and O–H groups in total. The van der Waals surface area contributed by atoms with Crippen LogP contribution in [-0.2, 0) is 9.59 Å². The van der Waals surface area contributed by atoms with Crippen LogP contribution in [0.25, 0.3) is 22.5 Å². The molecule has 1 atom stereocenters. The van der Waals surface area contributed by atoms with E-state index in [2.05, 4.69) is 25.5 Å². The van der Waals surface area contributed by atoms with Crippen molar-refractivity contribution < 1.29 is 9.59 Å². The number of halogens is 1. The number of rotatable bonds is 5. The fourth-order valence-corrected chi connectivity index (χ4v) is 4.99. The summed E-state index contributed by atoms with van der Waals surface area (Å²) in [5.74, 6) is 0.0876. The molecule has 10 nitrogen and oxygen atoms in total. The van der Waals surface area contributed by atoms with E-state index in [1.807, 2.05) is 51.1 Å². The van der Waals surface area contributed by atoms with Crippen molar-refractivity contribution in [3.8, 4) is 11.5 Å². The average molecular weight is 541 g/mol. The zero-order chi connectivity index (χ0) is 27.3. The van der Waals surface area contributed by atoms with Gasteiger partial charge in [0.1, 0.15) is 12.1 Å². The molecule has 11 heteroatoms. The molecule has 0 radical (unpaired) electrons. The van der Waals surface area contributed by atoms with Crippen LogP contribution in [-0.4, -0.2) is 47.9 Å². The highest BCUT2D eigenvalue weighted by Gasteiger charge is 2.35. The van der Waals surface area contributed by atoms with Crippen LogP contribution in [0.2, 0.25) is 5.02 Å². The van der Waals surface area contributed by atoms with Crippen LogP contribution < -0.4 is 10.2 Å². The number of carbonyl (C=O) groups is 2. The van der Waals surface area contributed by atoms with Gasteiger partial charge < -0.3 is 10.2 Å². The molecule has 3 aromatic heterocycles. The predicted molar refractivity (Wildman–Crippen MR) is 149 cm³/mol. The molecule has 196 valence electrons. The van der Waals surface area contributed by atoms with Gasteiger partial charge in [-0.3, -0.25) is 9.59 Å². The zero-order valence-corrected chi connectivity index (χ0v) is 22.3. The van der Waals surface area contributed by atoms with Crippen molar-refractivity contribution >= 4 is 46.0 Å². The Kier molecular flexibility index (Phi) is 6.11. The minimum absolute atomic E-state index is 0.0750.